The van der Waals surface area contributed by atoms with Gasteiger partial charge in [0.15, 0.2) is 0 Å². The molecular weight excluding hydrogens is 245 g/mol. The highest BCUT2D eigenvalue weighted by molar-refractivity contribution is 6.24. The number of rotatable bonds is 6. The van der Waals surface area contributed by atoms with Gasteiger partial charge in [0.25, 0.3) is 0 Å². The maximum Gasteiger partial charge on any atom is 0.0726 e. The maximum absolute atomic E-state index is 8.42. The molecule has 6 N–H and O–H groups in total. The molecule has 0 atom stereocenters. The normalized spacial score (nSPS) is 8.05. The highest BCUT2D eigenvalue weighted by atomic mass is 16.5. The topological polar surface area (TPSA) is 119 Å². The van der Waals surface area contributed by atoms with Crippen LogP contribution in [0.15, 0.2) is 0 Å². The van der Waals surface area contributed by atoms with Crippen LogP contribution in [0, 0.1) is 0 Å². The highest BCUT2D eigenvalue weighted by Gasteiger charge is 1.67. The number of hydrogen-bond donors (Lipinski definition) is 3. The molecule has 0 aliphatic heterocycles. The third-order valence-electron chi connectivity index (χ3n) is 1.73. The lowest BCUT2D eigenvalue weighted by Gasteiger charge is -2.35. The lowest BCUT2D eigenvalue weighted by molar-refractivity contribution is -0.648. The largest absolute Gasteiger partial charge is 0.907 e. The smallest absolute Gasteiger partial charge is 0.0726 e. The number of quaternary nitrogens is 3. The fourth-order valence-electron chi connectivity index (χ4n) is 0.866. The first kappa shape index (κ1) is 27.2. The van der Waals surface area contributed by atoms with Crippen LogP contribution in [-0.2, 0) is 0 Å². The Balaban J connectivity index is -0.0000000793. The average Bonchev–Trinajstić information content (AvgIpc) is 2.33. The van der Waals surface area contributed by atoms with E-state index in [1.54, 1.807) is 0 Å². The molecule has 0 saturated carbocycles. The second kappa shape index (κ2) is 36.1. The molecule has 0 aromatic rings. The molecular formula is C12H36BN3O3. The van der Waals surface area contributed by atoms with Gasteiger partial charge in [-0.25, -0.2) is 0 Å². The van der Waals surface area contributed by atoms with Gasteiger partial charge in [0.2, 0.25) is 0 Å². The van der Waals surface area contributed by atoms with Crippen molar-refractivity contribution in [1.82, 2.24) is 0 Å². The molecule has 0 rings (SSSR count). The van der Waals surface area contributed by atoms with Crippen molar-refractivity contribution in [2.24, 2.45) is 0 Å². The molecule has 7 heteroatoms. The molecule has 0 heterocycles. The Morgan fingerprint density at radius 3 is 0.632 bits per heavy atom. The zero-order chi connectivity index (χ0) is 15.9. The number of nitrogens with two attached hydrogens (primary N) is 3. The molecule has 0 aliphatic rings. The fourth-order valence-corrected chi connectivity index (χ4v) is 0.866. The molecule has 120 valence electrons. The lowest BCUT2D eigenvalue weighted by atomic mass is 10.3. The summed E-state index contributed by atoms with van der Waals surface area (Å²) in [6, 6.07) is 0. The monoisotopic (exact) mass is 281 g/mol. The van der Waals surface area contributed by atoms with Crippen molar-refractivity contribution >= 4 is 7.32 Å². The second-order valence-electron chi connectivity index (χ2n) is 3.60. The van der Waals surface area contributed by atoms with E-state index in [2.05, 4.69) is 57.5 Å². The van der Waals surface area contributed by atoms with Crippen LogP contribution in [0.3, 0.4) is 0 Å². The third kappa shape index (κ3) is 132. The summed E-state index contributed by atoms with van der Waals surface area (Å²) in [4.78, 5) is 0. The summed E-state index contributed by atoms with van der Waals surface area (Å²) in [7, 11) is -2.92. The van der Waals surface area contributed by atoms with Gasteiger partial charge in [0, 0.05) is 0 Å². The first-order chi connectivity index (χ1) is 8.97. The van der Waals surface area contributed by atoms with Crippen LogP contribution in [0.2, 0.25) is 0 Å². The molecule has 6 nitrogen and oxygen atoms in total. The molecule has 0 aliphatic carbocycles. The van der Waals surface area contributed by atoms with E-state index in [1.165, 1.54) is 39.3 Å². The van der Waals surface area contributed by atoms with Gasteiger partial charge in [0.05, 0.1) is 39.3 Å². The van der Waals surface area contributed by atoms with Gasteiger partial charge in [-0.15, -0.1) is 0 Å². The summed E-state index contributed by atoms with van der Waals surface area (Å²) in [6.07, 6.45) is 0. The van der Waals surface area contributed by atoms with Crippen molar-refractivity contribution in [3.63, 3.8) is 0 Å². The molecule has 0 aromatic carbocycles. The quantitative estimate of drug-likeness (QED) is 0.422. The van der Waals surface area contributed by atoms with Gasteiger partial charge >= 0.3 is 0 Å². The van der Waals surface area contributed by atoms with Crippen LogP contribution in [0.4, 0.5) is 0 Å². The predicted molar refractivity (Wildman–Crippen MR) is 74.8 cm³/mol. The average molecular weight is 281 g/mol. The third-order valence-corrected chi connectivity index (χ3v) is 1.73. The van der Waals surface area contributed by atoms with Crippen molar-refractivity contribution in [2.75, 3.05) is 39.3 Å². The van der Waals surface area contributed by atoms with Crippen LogP contribution < -0.4 is 31.0 Å². The van der Waals surface area contributed by atoms with E-state index in [9.17, 15) is 0 Å². The molecule has 0 unspecified atom stereocenters. The van der Waals surface area contributed by atoms with Gasteiger partial charge in [-0.3, -0.25) is 7.32 Å². The van der Waals surface area contributed by atoms with Gasteiger partial charge in [-0.05, 0) is 41.5 Å². The van der Waals surface area contributed by atoms with E-state index in [-0.39, 0.29) is 0 Å². The maximum atomic E-state index is 8.42. The second-order valence-corrected chi connectivity index (χ2v) is 3.60. The van der Waals surface area contributed by atoms with Crippen molar-refractivity contribution in [2.45, 2.75) is 41.5 Å². The first-order valence-corrected chi connectivity index (χ1v) is 7.40. The summed E-state index contributed by atoms with van der Waals surface area (Å²) < 4.78 is 0. The Morgan fingerprint density at radius 1 is 0.526 bits per heavy atom. The van der Waals surface area contributed by atoms with Crippen LogP contribution in [0.1, 0.15) is 41.5 Å². The molecule has 0 amide bonds. The Kier molecular flexibility index (Phi) is 51.7. The minimum absolute atomic E-state index is 1.22. The van der Waals surface area contributed by atoms with E-state index < -0.39 is 7.32 Å². The summed E-state index contributed by atoms with van der Waals surface area (Å²) >= 11 is 0. The molecule has 0 radical (unpaired) electrons. The SMILES string of the molecule is CC[NH2+]CC.CC[NH2+]CC.CC[NH2+]CC.[O-]B([O-])[O-]. The molecule has 0 saturated heterocycles. The van der Waals surface area contributed by atoms with Gasteiger partial charge in [-0.1, -0.05) is 0 Å². The minimum Gasteiger partial charge on any atom is -0.907 e. The zero-order valence-corrected chi connectivity index (χ0v) is 13.8. The van der Waals surface area contributed by atoms with Gasteiger partial charge in [0.1, 0.15) is 0 Å². The fraction of sp³-hybridized carbons (Fsp3) is 1.00. The van der Waals surface area contributed by atoms with E-state index in [0.29, 0.717) is 0 Å². The van der Waals surface area contributed by atoms with Gasteiger partial charge < -0.3 is 31.0 Å². The molecule has 0 spiro atoms. The van der Waals surface area contributed by atoms with Crippen molar-refractivity contribution < 1.29 is 31.0 Å². The van der Waals surface area contributed by atoms with E-state index in [4.69, 9.17) is 15.1 Å². The lowest BCUT2D eigenvalue weighted by Crippen LogP contribution is -2.82. The van der Waals surface area contributed by atoms with Crippen molar-refractivity contribution in [1.29, 1.82) is 0 Å². The Hall–Kier alpha value is -0.175. The van der Waals surface area contributed by atoms with Gasteiger partial charge in [-0.2, -0.15) is 0 Å². The molecule has 0 aromatic heterocycles. The van der Waals surface area contributed by atoms with Crippen molar-refractivity contribution in [3.05, 3.63) is 0 Å². The summed E-state index contributed by atoms with van der Waals surface area (Å²) in [5.41, 5.74) is 0. The van der Waals surface area contributed by atoms with Crippen molar-refractivity contribution in [3.8, 4) is 0 Å². The predicted octanol–water partition coefficient (Wildman–Crippen LogP) is -5.18. The summed E-state index contributed by atoms with van der Waals surface area (Å²) in [5, 5.41) is 32.0. The van der Waals surface area contributed by atoms with E-state index >= 15 is 0 Å². The summed E-state index contributed by atoms with van der Waals surface area (Å²) in [5.74, 6) is 0. The van der Waals surface area contributed by atoms with Crippen LogP contribution in [-0.4, -0.2) is 46.6 Å². The zero-order valence-electron chi connectivity index (χ0n) is 13.8. The van der Waals surface area contributed by atoms with Crippen LogP contribution in [0.5, 0.6) is 0 Å². The molecule has 0 bridgehead atoms. The van der Waals surface area contributed by atoms with Crippen LogP contribution in [0.25, 0.3) is 0 Å². The molecule has 0 fully saturated rings. The van der Waals surface area contributed by atoms with E-state index in [1.807, 2.05) is 0 Å². The standard InChI is InChI=1S/3C4H11N.BO3/c3*1-3-5-4-2;2-1(3)4/h3*5H,3-4H2,1-2H3;/q;;;-3/p+3. The minimum atomic E-state index is -2.92. The Bertz CT molecular complexity index is 89.2. The number of hydrogen-bond acceptors (Lipinski definition) is 3. The molecule has 19 heavy (non-hydrogen) atoms. The highest BCUT2D eigenvalue weighted by Crippen LogP contribution is 1.30. The van der Waals surface area contributed by atoms with Crippen LogP contribution >= 0.6 is 0 Å². The summed E-state index contributed by atoms with van der Waals surface area (Å²) in [6.45, 7) is 20.2. The first-order valence-electron chi connectivity index (χ1n) is 7.40. The Morgan fingerprint density at radius 2 is 0.632 bits per heavy atom. The van der Waals surface area contributed by atoms with E-state index in [0.717, 1.165) is 0 Å². The Labute approximate surface area is 120 Å².